The average molecular weight is 594 g/mol. The Morgan fingerprint density at radius 2 is 1.17 bits per heavy atom. The van der Waals surface area contributed by atoms with E-state index in [2.05, 4.69) is 144 Å². The lowest BCUT2D eigenvalue weighted by molar-refractivity contribution is 0.445. The molecule has 0 amide bonds. The second-order valence-electron chi connectivity index (χ2n) is 12.7. The van der Waals surface area contributed by atoms with Crippen molar-refractivity contribution in [2.75, 3.05) is 4.90 Å². The summed E-state index contributed by atoms with van der Waals surface area (Å²) in [4.78, 5) is 2.41. The third kappa shape index (κ3) is 4.48. The van der Waals surface area contributed by atoms with Gasteiger partial charge in [0.15, 0.2) is 5.58 Å². The molecule has 0 saturated heterocycles. The van der Waals surface area contributed by atoms with Crippen LogP contribution in [0.1, 0.15) is 43.6 Å². The maximum absolute atomic E-state index is 6.67. The lowest BCUT2D eigenvalue weighted by Crippen LogP contribution is -2.12. The van der Waals surface area contributed by atoms with Crippen LogP contribution in [0, 0.1) is 0 Å². The van der Waals surface area contributed by atoms with E-state index in [-0.39, 0.29) is 0 Å². The van der Waals surface area contributed by atoms with Gasteiger partial charge in [-0.3, -0.25) is 0 Å². The Morgan fingerprint density at radius 1 is 0.500 bits per heavy atom. The van der Waals surface area contributed by atoms with Gasteiger partial charge in [0.1, 0.15) is 5.58 Å². The fraction of sp³-hybridized carbons (Fsp3) is 0.136. The number of anilines is 3. The van der Waals surface area contributed by atoms with E-state index in [1.54, 1.807) is 0 Å². The Kier molecular flexibility index (Phi) is 6.59. The number of hydrogen-bond donors (Lipinski definition) is 0. The van der Waals surface area contributed by atoms with E-state index in [0.29, 0.717) is 5.92 Å². The first-order chi connectivity index (χ1) is 22.8. The lowest BCUT2D eigenvalue weighted by Gasteiger charge is -2.29. The third-order valence-electron chi connectivity index (χ3n) is 10.0. The second-order valence-corrected chi connectivity index (χ2v) is 12.7. The van der Waals surface area contributed by atoms with Gasteiger partial charge in [-0.1, -0.05) is 135 Å². The first kappa shape index (κ1) is 27.0. The molecule has 7 aromatic carbocycles. The van der Waals surface area contributed by atoms with E-state index in [4.69, 9.17) is 4.42 Å². The molecule has 46 heavy (non-hydrogen) atoms. The van der Waals surface area contributed by atoms with Crippen molar-refractivity contribution in [1.29, 1.82) is 0 Å². The Bertz CT molecular complexity index is 2370. The highest BCUT2D eigenvalue weighted by molar-refractivity contribution is 6.11. The minimum absolute atomic E-state index is 0.603. The zero-order chi connectivity index (χ0) is 30.5. The molecule has 0 bridgehead atoms. The van der Waals surface area contributed by atoms with Gasteiger partial charge < -0.3 is 9.32 Å². The molecule has 0 radical (unpaired) electrons. The summed E-state index contributed by atoms with van der Waals surface area (Å²) in [6.45, 7) is 0. The van der Waals surface area contributed by atoms with Gasteiger partial charge in [0, 0.05) is 22.0 Å². The van der Waals surface area contributed by atoms with Gasteiger partial charge in [0.2, 0.25) is 0 Å². The summed E-state index contributed by atoms with van der Waals surface area (Å²) < 4.78 is 6.67. The van der Waals surface area contributed by atoms with E-state index in [0.717, 1.165) is 39.0 Å². The van der Waals surface area contributed by atoms with Crippen LogP contribution in [0.2, 0.25) is 0 Å². The van der Waals surface area contributed by atoms with Crippen molar-refractivity contribution in [3.63, 3.8) is 0 Å². The number of hydrogen-bond acceptors (Lipinski definition) is 2. The Morgan fingerprint density at radius 3 is 2.09 bits per heavy atom. The predicted octanol–water partition coefficient (Wildman–Crippen LogP) is 13.1. The fourth-order valence-electron chi connectivity index (χ4n) is 7.88. The van der Waals surface area contributed by atoms with Crippen LogP contribution in [0.4, 0.5) is 17.1 Å². The molecular formula is C44H35NO. The van der Waals surface area contributed by atoms with Gasteiger partial charge in [0.25, 0.3) is 0 Å². The van der Waals surface area contributed by atoms with Crippen molar-refractivity contribution < 1.29 is 4.42 Å². The van der Waals surface area contributed by atoms with E-state index in [1.165, 1.54) is 70.3 Å². The fourth-order valence-corrected chi connectivity index (χ4v) is 7.88. The summed E-state index contributed by atoms with van der Waals surface area (Å²) in [5.41, 5.74) is 9.08. The van der Waals surface area contributed by atoms with E-state index in [1.807, 2.05) is 6.07 Å². The molecule has 0 spiro atoms. The normalized spacial score (nSPS) is 14.0. The van der Waals surface area contributed by atoms with Crippen molar-refractivity contribution in [3.8, 4) is 11.1 Å². The topological polar surface area (TPSA) is 16.4 Å². The quantitative estimate of drug-likeness (QED) is 0.197. The molecule has 8 aromatic rings. The van der Waals surface area contributed by atoms with Crippen molar-refractivity contribution in [1.82, 2.24) is 0 Å². The minimum Gasteiger partial charge on any atom is -0.454 e. The molecule has 1 aliphatic rings. The molecule has 0 atom stereocenters. The zero-order valence-electron chi connectivity index (χ0n) is 25.8. The molecule has 2 heteroatoms. The number of nitrogens with zero attached hydrogens (tertiary/aromatic N) is 1. The Balaban J connectivity index is 1.33. The van der Waals surface area contributed by atoms with Crippen LogP contribution in [-0.2, 0) is 0 Å². The van der Waals surface area contributed by atoms with Gasteiger partial charge in [-0.2, -0.15) is 0 Å². The molecule has 2 nitrogen and oxygen atoms in total. The Labute approximate surface area is 269 Å². The van der Waals surface area contributed by atoms with Crippen LogP contribution in [-0.4, -0.2) is 0 Å². The highest BCUT2D eigenvalue weighted by atomic mass is 16.3. The molecule has 1 heterocycles. The van der Waals surface area contributed by atoms with Gasteiger partial charge >= 0.3 is 0 Å². The van der Waals surface area contributed by atoms with Crippen LogP contribution in [0.3, 0.4) is 0 Å². The second kappa shape index (κ2) is 11.2. The molecule has 1 fully saturated rings. The summed E-state index contributed by atoms with van der Waals surface area (Å²) in [6.07, 6.45) is 6.53. The Hall–Kier alpha value is -5.34. The molecular weight excluding hydrogens is 558 g/mol. The van der Waals surface area contributed by atoms with Crippen molar-refractivity contribution in [2.45, 2.75) is 38.0 Å². The van der Waals surface area contributed by atoms with E-state index >= 15 is 0 Å². The predicted molar refractivity (Wildman–Crippen MR) is 195 cm³/mol. The van der Waals surface area contributed by atoms with E-state index < -0.39 is 0 Å². The lowest BCUT2D eigenvalue weighted by atomic mass is 9.80. The molecule has 222 valence electrons. The van der Waals surface area contributed by atoms with Gasteiger partial charge in [-0.15, -0.1) is 0 Å². The number of furan rings is 1. The maximum Gasteiger partial charge on any atom is 0.159 e. The smallest absolute Gasteiger partial charge is 0.159 e. The largest absolute Gasteiger partial charge is 0.454 e. The number of para-hydroxylation sites is 3. The highest BCUT2D eigenvalue weighted by Crippen LogP contribution is 2.48. The van der Waals surface area contributed by atoms with Crippen molar-refractivity contribution >= 4 is 60.5 Å². The molecule has 9 rings (SSSR count). The zero-order valence-corrected chi connectivity index (χ0v) is 25.8. The number of fused-ring (bicyclic) bond motifs is 5. The summed E-state index contributed by atoms with van der Waals surface area (Å²) in [5, 5.41) is 7.41. The van der Waals surface area contributed by atoms with Gasteiger partial charge in [-0.25, -0.2) is 0 Å². The molecule has 0 unspecified atom stereocenters. The van der Waals surface area contributed by atoms with Crippen LogP contribution in [0.25, 0.3) is 54.6 Å². The monoisotopic (exact) mass is 593 g/mol. The third-order valence-corrected chi connectivity index (χ3v) is 10.0. The molecule has 0 N–H and O–H groups in total. The SMILES string of the molecule is c1ccc(N(c2ccc3ccccc3c2)c2cccc3c2oc2ccccc23)c(-c2cccc3cccc(C4CCCCC4)c23)c1. The number of rotatable bonds is 5. The van der Waals surface area contributed by atoms with Crippen molar-refractivity contribution in [2.24, 2.45) is 0 Å². The van der Waals surface area contributed by atoms with Crippen LogP contribution in [0.15, 0.2) is 150 Å². The first-order valence-electron chi connectivity index (χ1n) is 16.6. The summed E-state index contributed by atoms with van der Waals surface area (Å²) in [7, 11) is 0. The van der Waals surface area contributed by atoms with Crippen LogP contribution < -0.4 is 4.90 Å². The number of benzene rings is 7. The first-order valence-corrected chi connectivity index (χ1v) is 16.6. The van der Waals surface area contributed by atoms with E-state index in [9.17, 15) is 0 Å². The van der Waals surface area contributed by atoms with Gasteiger partial charge in [-0.05, 0) is 81.8 Å². The molecule has 1 aliphatic carbocycles. The highest BCUT2D eigenvalue weighted by Gasteiger charge is 2.24. The van der Waals surface area contributed by atoms with Crippen molar-refractivity contribution in [3.05, 3.63) is 151 Å². The maximum atomic E-state index is 6.67. The van der Waals surface area contributed by atoms with Crippen LogP contribution in [0.5, 0.6) is 0 Å². The molecule has 1 aromatic heterocycles. The summed E-state index contributed by atoms with van der Waals surface area (Å²) >= 11 is 0. The molecule has 0 aliphatic heterocycles. The standard InChI is InChI=1S/C44H35NO/c1-2-14-31(15-3-1)35-21-10-17-32-18-11-22-38(43(32)35)36-19-6-8-24-40(36)45(34-28-27-30-13-4-5-16-33(30)29-34)41-25-12-23-39-37-20-7-9-26-42(37)46-44(39)41/h4-13,16-29,31H,1-3,14-15H2. The van der Waals surface area contributed by atoms with Gasteiger partial charge in [0.05, 0.1) is 11.4 Å². The van der Waals surface area contributed by atoms with Crippen LogP contribution >= 0.6 is 0 Å². The summed E-state index contributed by atoms with van der Waals surface area (Å²) in [6, 6.07) is 53.0. The minimum atomic E-state index is 0.603. The summed E-state index contributed by atoms with van der Waals surface area (Å²) in [5.74, 6) is 0.603. The molecule has 1 saturated carbocycles. The average Bonchev–Trinajstić information content (AvgIpc) is 3.51.